The number of phenols is 1. The number of nitrogens with zero attached hydrogens (tertiary/aromatic N) is 4. The van der Waals surface area contributed by atoms with Gasteiger partial charge >= 0.3 is 6.09 Å². The maximum atomic E-state index is 13.3. The van der Waals surface area contributed by atoms with Crippen LogP contribution in [-0.4, -0.2) is 49.4 Å². The Hall–Kier alpha value is -3.16. The van der Waals surface area contributed by atoms with Gasteiger partial charge < -0.3 is 14.7 Å². The summed E-state index contributed by atoms with van der Waals surface area (Å²) in [6.45, 7) is 6.51. The van der Waals surface area contributed by atoms with Crippen molar-refractivity contribution in [3.05, 3.63) is 48.2 Å². The third-order valence-corrected chi connectivity index (χ3v) is 4.60. The van der Waals surface area contributed by atoms with Gasteiger partial charge in [-0.25, -0.2) is 9.18 Å². The van der Waals surface area contributed by atoms with Crippen molar-refractivity contribution >= 4 is 11.7 Å². The molecule has 1 aromatic carbocycles. The van der Waals surface area contributed by atoms with E-state index in [1.807, 2.05) is 31.4 Å². The number of carbonyl (C=O) groups excluding carboxylic acids is 1. The molecule has 1 fully saturated rings. The van der Waals surface area contributed by atoms with Crippen molar-refractivity contribution in [3.8, 4) is 16.9 Å². The van der Waals surface area contributed by atoms with E-state index in [1.165, 1.54) is 12.1 Å². The first-order chi connectivity index (χ1) is 13.2. The molecule has 1 N–H and O–H groups in total. The molecule has 1 saturated heterocycles. The fraction of sp³-hybridized carbons (Fsp3) is 0.350. The fourth-order valence-corrected chi connectivity index (χ4v) is 3.21. The quantitative estimate of drug-likeness (QED) is 0.731. The van der Waals surface area contributed by atoms with E-state index in [9.17, 15) is 14.3 Å². The summed E-state index contributed by atoms with van der Waals surface area (Å²) in [4.78, 5) is 13.8. The average Bonchev–Trinajstić information content (AvgIpc) is 2.95. The van der Waals surface area contributed by atoms with E-state index in [-0.39, 0.29) is 17.8 Å². The Kier molecular flexibility index (Phi) is 4.21. The van der Waals surface area contributed by atoms with Crippen LogP contribution in [0, 0.1) is 5.82 Å². The molecule has 0 aliphatic carbocycles. The number of aromatic hydroxyl groups is 1. The van der Waals surface area contributed by atoms with Crippen LogP contribution in [0.15, 0.2) is 36.5 Å². The third-order valence-electron chi connectivity index (χ3n) is 4.60. The predicted octanol–water partition coefficient (Wildman–Crippen LogP) is 3.58. The summed E-state index contributed by atoms with van der Waals surface area (Å²) in [5, 5.41) is 18.5. The highest BCUT2D eigenvalue weighted by atomic mass is 19.1. The van der Waals surface area contributed by atoms with Crippen molar-refractivity contribution in [1.29, 1.82) is 0 Å². The molecule has 3 heterocycles. The number of halogens is 1. The zero-order valence-electron chi connectivity index (χ0n) is 15.9. The van der Waals surface area contributed by atoms with Gasteiger partial charge in [0.05, 0.1) is 5.92 Å². The number of ether oxygens (including phenoxy) is 1. The number of hydrogen-bond donors (Lipinski definition) is 1. The molecule has 2 aromatic heterocycles. The number of phenolic OH excluding ortho intramolecular Hbond substituents is 1. The van der Waals surface area contributed by atoms with E-state index in [2.05, 4.69) is 10.2 Å². The molecule has 0 atom stereocenters. The molecule has 3 aromatic rings. The molecule has 28 heavy (non-hydrogen) atoms. The maximum absolute atomic E-state index is 13.3. The lowest BCUT2D eigenvalue weighted by Crippen LogP contribution is -2.50. The van der Waals surface area contributed by atoms with E-state index in [0.29, 0.717) is 24.3 Å². The molecule has 0 saturated carbocycles. The first-order valence-corrected chi connectivity index (χ1v) is 9.03. The molecule has 0 bridgehead atoms. The molecule has 7 nitrogen and oxygen atoms in total. The molecule has 4 rings (SSSR count). The van der Waals surface area contributed by atoms with E-state index in [0.717, 1.165) is 17.5 Å². The van der Waals surface area contributed by atoms with E-state index >= 15 is 0 Å². The van der Waals surface area contributed by atoms with Crippen molar-refractivity contribution in [3.63, 3.8) is 0 Å². The Morgan fingerprint density at radius 3 is 2.64 bits per heavy atom. The minimum atomic E-state index is -0.532. The Morgan fingerprint density at radius 2 is 1.96 bits per heavy atom. The number of hydrogen-bond acceptors (Lipinski definition) is 5. The average molecular weight is 384 g/mol. The second-order valence-corrected chi connectivity index (χ2v) is 7.95. The number of fused-ring (bicyclic) bond motifs is 1. The summed E-state index contributed by atoms with van der Waals surface area (Å²) in [6.07, 6.45) is 1.47. The van der Waals surface area contributed by atoms with Gasteiger partial charge in [0.1, 0.15) is 23.0 Å². The van der Waals surface area contributed by atoms with E-state index in [1.54, 1.807) is 17.0 Å². The van der Waals surface area contributed by atoms with Gasteiger partial charge in [0, 0.05) is 36.5 Å². The summed E-state index contributed by atoms with van der Waals surface area (Å²) in [7, 11) is 0. The van der Waals surface area contributed by atoms with E-state index in [4.69, 9.17) is 4.74 Å². The standard InChI is InChI=1S/C20H21FN4O3/c1-20(2,3)28-19(27)24-9-13(10-24)18-23-22-17-7-4-12(11-25(17)18)15-6-5-14(21)8-16(15)26/h4-8,11,13,26H,9-10H2,1-3H3. The molecule has 146 valence electrons. The van der Waals surface area contributed by atoms with Crippen LogP contribution in [0.4, 0.5) is 9.18 Å². The Bertz CT molecular complexity index is 1050. The molecular weight excluding hydrogens is 363 g/mol. The van der Waals surface area contributed by atoms with Crippen LogP contribution >= 0.6 is 0 Å². The third kappa shape index (κ3) is 3.37. The minimum Gasteiger partial charge on any atom is -0.507 e. The summed E-state index contributed by atoms with van der Waals surface area (Å²) < 4.78 is 20.5. The normalized spacial score (nSPS) is 14.9. The Labute approximate surface area is 161 Å². The van der Waals surface area contributed by atoms with Crippen molar-refractivity contribution in [2.75, 3.05) is 13.1 Å². The summed E-state index contributed by atoms with van der Waals surface area (Å²) >= 11 is 0. The van der Waals surface area contributed by atoms with Gasteiger partial charge in [-0.1, -0.05) is 0 Å². The highest BCUT2D eigenvalue weighted by Crippen LogP contribution is 2.32. The smallest absolute Gasteiger partial charge is 0.410 e. The van der Waals surface area contributed by atoms with Gasteiger partial charge in [-0.3, -0.25) is 4.40 Å². The lowest BCUT2D eigenvalue weighted by molar-refractivity contribution is 0.00743. The van der Waals surface area contributed by atoms with Crippen molar-refractivity contribution < 1.29 is 19.0 Å². The lowest BCUT2D eigenvalue weighted by Gasteiger charge is -2.38. The molecular formula is C20H21FN4O3. The maximum Gasteiger partial charge on any atom is 0.410 e. The predicted molar refractivity (Wildman–Crippen MR) is 101 cm³/mol. The summed E-state index contributed by atoms with van der Waals surface area (Å²) in [5.41, 5.74) is 1.37. The molecule has 1 aliphatic heterocycles. The Balaban J connectivity index is 1.57. The molecule has 0 radical (unpaired) electrons. The number of pyridine rings is 1. The molecule has 8 heteroatoms. The zero-order valence-corrected chi connectivity index (χ0v) is 15.9. The highest BCUT2D eigenvalue weighted by Gasteiger charge is 2.37. The second-order valence-electron chi connectivity index (χ2n) is 7.95. The van der Waals surface area contributed by atoms with Crippen molar-refractivity contribution in [2.45, 2.75) is 32.3 Å². The van der Waals surface area contributed by atoms with Gasteiger partial charge in [0.15, 0.2) is 5.65 Å². The van der Waals surface area contributed by atoms with Gasteiger partial charge in [-0.2, -0.15) is 0 Å². The zero-order chi connectivity index (χ0) is 20.1. The number of aromatic nitrogens is 3. The molecule has 1 aliphatic rings. The van der Waals surface area contributed by atoms with Crippen LogP contribution in [0.5, 0.6) is 5.75 Å². The van der Waals surface area contributed by atoms with Crippen LogP contribution in [0.25, 0.3) is 16.8 Å². The van der Waals surface area contributed by atoms with Crippen LogP contribution in [0.1, 0.15) is 32.5 Å². The largest absolute Gasteiger partial charge is 0.507 e. The van der Waals surface area contributed by atoms with Crippen LogP contribution in [0.3, 0.4) is 0 Å². The number of amides is 1. The first-order valence-electron chi connectivity index (χ1n) is 9.03. The molecule has 0 unspecified atom stereocenters. The van der Waals surface area contributed by atoms with Crippen LogP contribution in [0.2, 0.25) is 0 Å². The lowest BCUT2D eigenvalue weighted by atomic mass is 10.00. The number of rotatable bonds is 2. The summed E-state index contributed by atoms with van der Waals surface area (Å²) in [5.74, 6) is 0.149. The molecule has 0 spiro atoms. The van der Waals surface area contributed by atoms with Crippen LogP contribution < -0.4 is 0 Å². The van der Waals surface area contributed by atoms with Crippen molar-refractivity contribution in [1.82, 2.24) is 19.5 Å². The van der Waals surface area contributed by atoms with Crippen molar-refractivity contribution in [2.24, 2.45) is 0 Å². The number of benzene rings is 1. The van der Waals surface area contributed by atoms with Gasteiger partial charge in [0.25, 0.3) is 0 Å². The minimum absolute atomic E-state index is 0.0413. The van der Waals surface area contributed by atoms with Crippen LogP contribution in [-0.2, 0) is 4.74 Å². The number of likely N-dealkylation sites (tertiary alicyclic amines) is 1. The van der Waals surface area contributed by atoms with Gasteiger partial charge in [-0.05, 0) is 45.0 Å². The van der Waals surface area contributed by atoms with Gasteiger partial charge in [-0.15, -0.1) is 10.2 Å². The summed E-state index contributed by atoms with van der Waals surface area (Å²) in [6, 6.07) is 7.51. The number of carbonyl (C=O) groups is 1. The second kappa shape index (κ2) is 6.47. The fourth-order valence-electron chi connectivity index (χ4n) is 3.21. The topological polar surface area (TPSA) is 80.0 Å². The monoisotopic (exact) mass is 384 g/mol. The SMILES string of the molecule is CC(C)(C)OC(=O)N1CC(c2nnc3ccc(-c4ccc(F)cc4O)cn23)C1. The van der Waals surface area contributed by atoms with Gasteiger partial charge in [0.2, 0.25) is 0 Å². The first kappa shape index (κ1) is 18.2. The molecule has 1 amide bonds. The Morgan fingerprint density at radius 1 is 1.21 bits per heavy atom. The highest BCUT2D eigenvalue weighted by molar-refractivity contribution is 5.71. The van der Waals surface area contributed by atoms with E-state index < -0.39 is 11.4 Å².